The molecule has 0 saturated carbocycles. The summed E-state index contributed by atoms with van der Waals surface area (Å²) < 4.78 is 0. The fourth-order valence-corrected chi connectivity index (χ4v) is 3.30. The first-order valence-corrected chi connectivity index (χ1v) is 12.7. The maximum Gasteiger partial charge on any atom is 0.147 e. The number of aldehydes is 1. The van der Waals surface area contributed by atoms with Crippen LogP contribution in [0, 0.1) is 0 Å². The van der Waals surface area contributed by atoms with Gasteiger partial charge in [0.1, 0.15) is 11.4 Å². The van der Waals surface area contributed by atoms with E-state index in [-0.39, 0.29) is 0 Å². The molecule has 188 valence electrons. The summed E-state index contributed by atoms with van der Waals surface area (Å²) in [6, 6.07) is 8.27. The highest BCUT2D eigenvalue weighted by atomic mass is 35.5. The monoisotopic (exact) mass is 486 g/mol. The van der Waals surface area contributed by atoms with Gasteiger partial charge in [0, 0.05) is 17.4 Å². The molecule has 0 atom stereocenters. The number of allylic oxidation sites excluding steroid dienone is 3. The Balaban J connectivity index is 0.00000258. The highest BCUT2D eigenvalue weighted by Gasteiger charge is 2.13. The molecule has 1 aromatic carbocycles. The van der Waals surface area contributed by atoms with Gasteiger partial charge >= 0.3 is 0 Å². The summed E-state index contributed by atoms with van der Waals surface area (Å²) in [6.07, 6.45) is 9.66. The van der Waals surface area contributed by atoms with Crippen molar-refractivity contribution in [2.24, 2.45) is 9.98 Å². The van der Waals surface area contributed by atoms with E-state index in [9.17, 15) is 4.79 Å². The largest absolute Gasteiger partial charge is 0.346 e. The number of carbonyl (C=O) groups excluding carboxylic acids is 1. The molecule has 1 aliphatic rings. The number of halogens is 1. The minimum absolute atomic E-state index is 0.310. The predicted molar refractivity (Wildman–Crippen MR) is 152 cm³/mol. The number of aliphatic imine (C=N–C) groups is 2. The zero-order valence-electron chi connectivity index (χ0n) is 21.8. The molecule has 1 aromatic rings. The zero-order chi connectivity index (χ0) is 25.8. The first-order valence-electron chi connectivity index (χ1n) is 12.3. The van der Waals surface area contributed by atoms with Gasteiger partial charge in [0.05, 0.1) is 18.1 Å². The van der Waals surface area contributed by atoms with Crippen molar-refractivity contribution in [3.8, 4) is 0 Å². The van der Waals surface area contributed by atoms with Crippen LogP contribution in [0.1, 0.15) is 78.4 Å². The Morgan fingerprint density at radius 3 is 2.38 bits per heavy atom. The molecule has 1 aliphatic heterocycles. The number of carbonyl (C=O) groups is 1. The number of nitrogens with one attached hydrogen (secondary N) is 2. The molecule has 0 aromatic heterocycles. The van der Waals surface area contributed by atoms with Gasteiger partial charge in [-0.15, -0.1) is 0 Å². The van der Waals surface area contributed by atoms with Crippen LogP contribution < -0.4 is 10.6 Å². The van der Waals surface area contributed by atoms with Crippen LogP contribution in [0.2, 0.25) is 0 Å². The zero-order valence-corrected chi connectivity index (χ0v) is 22.6. The molecule has 0 spiro atoms. The fraction of sp³-hybridized carbons (Fsp3) is 0.464. The molecule has 1 heterocycles. The Hall–Kier alpha value is -2.50. The van der Waals surface area contributed by atoms with E-state index >= 15 is 0 Å². The van der Waals surface area contributed by atoms with E-state index in [0.29, 0.717) is 16.8 Å². The second-order valence-electron chi connectivity index (χ2n) is 7.19. The lowest BCUT2D eigenvalue weighted by molar-refractivity contribution is -0.104. The first-order chi connectivity index (χ1) is 16.6. The molecule has 5 nitrogen and oxygen atoms in total. The van der Waals surface area contributed by atoms with Crippen molar-refractivity contribution in [2.45, 2.75) is 73.3 Å². The van der Waals surface area contributed by atoms with Crippen LogP contribution in [0.3, 0.4) is 0 Å². The number of rotatable bonds is 10. The van der Waals surface area contributed by atoms with Crippen molar-refractivity contribution in [3.63, 3.8) is 0 Å². The van der Waals surface area contributed by atoms with Crippen LogP contribution in [0.4, 0.5) is 0 Å². The van der Waals surface area contributed by atoms with Crippen molar-refractivity contribution in [1.82, 2.24) is 10.6 Å². The van der Waals surface area contributed by atoms with E-state index in [1.54, 1.807) is 25.6 Å². The lowest BCUT2D eigenvalue weighted by Gasteiger charge is -2.19. The van der Waals surface area contributed by atoms with Gasteiger partial charge in [-0.05, 0) is 63.8 Å². The van der Waals surface area contributed by atoms with Gasteiger partial charge in [-0.2, -0.15) is 0 Å². The van der Waals surface area contributed by atoms with E-state index in [1.807, 2.05) is 58.9 Å². The van der Waals surface area contributed by atoms with Crippen molar-refractivity contribution in [3.05, 3.63) is 58.8 Å². The summed E-state index contributed by atoms with van der Waals surface area (Å²) in [5.41, 5.74) is 4.29. The minimum atomic E-state index is 0.310. The summed E-state index contributed by atoms with van der Waals surface area (Å²) in [5.74, 6) is 0. The molecular formula is C28H43ClN4O. The number of hydrogen-bond acceptors (Lipinski definition) is 4. The molecule has 34 heavy (non-hydrogen) atoms. The number of piperidine rings is 1. The normalized spacial score (nSPS) is 15.1. The second kappa shape index (κ2) is 19.9. The smallest absolute Gasteiger partial charge is 0.147 e. The summed E-state index contributed by atoms with van der Waals surface area (Å²) in [4.78, 5) is 20.4. The van der Waals surface area contributed by atoms with Crippen molar-refractivity contribution < 1.29 is 4.79 Å². The number of benzene rings is 1. The molecule has 2 rings (SSSR count). The van der Waals surface area contributed by atoms with Crippen molar-refractivity contribution >= 4 is 41.7 Å². The maximum atomic E-state index is 11.6. The van der Waals surface area contributed by atoms with E-state index in [1.165, 1.54) is 0 Å². The molecule has 0 unspecified atom stereocenters. The Morgan fingerprint density at radius 2 is 1.79 bits per heavy atom. The van der Waals surface area contributed by atoms with Gasteiger partial charge in [0.15, 0.2) is 0 Å². The van der Waals surface area contributed by atoms with E-state index in [4.69, 9.17) is 11.6 Å². The Labute approximate surface area is 212 Å². The van der Waals surface area contributed by atoms with Gasteiger partial charge in [0.25, 0.3) is 0 Å². The third-order valence-corrected chi connectivity index (χ3v) is 5.30. The standard InChI is InChI=1S/C24H31ClN4O.2C2H6/c1-4-23(25)27-13-7-8-18(2)21-9-5-6-10-22(21)24(19(3)16-30)29-17-28-20-11-14-26-15-12-20;2*1-2/h4-6,9-10,13,16-17,20,26H,2,7-8,11-12,14-15H2,1,3H3,(H,28,29);2*1-2H3/b23-4-,24-19-,27-13-;;. The van der Waals surface area contributed by atoms with Gasteiger partial charge in [0.2, 0.25) is 0 Å². The molecular weight excluding hydrogens is 444 g/mol. The molecule has 0 bridgehead atoms. The van der Waals surface area contributed by atoms with Crippen LogP contribution in [-0.4, -0.2) is 38.0 Å². The fourth-order valence-electron chi connectivity index (χ4n) is 3.24. The molecule has 1 saturated heterocycles. The Morgan fingerprint density at radius 1 is 1.18 bits per heavy atom. The topological polar surface area (TPSA) is 65.8 Å². The van der Waals surface area contributed by atoms with E-state index in [2.05, 4.69) is 27.2 Å². The lowest BCUT2D eigenvalue weighted by Crippen LogP contribution is -2.30. The summed E-state index contributed by atoms with van der Waals surface area (Å²) in [6.45, 7) is 17.9. The Bertz CT molecular complexity index is 850. The SMILES string of the molecule is C=C(CC/C=N\C(Cl)=C/C)c1ccccc1/C(NC=NC1CCNCC1)=C(\C)C=O.CC.CC. The van der Waals surface area contributed by atoms with Gasteiger partial charge in [-0.3, -0.25) is 9.79 Å². The average molecular weight is 487 g/mol. The first kappa shape index (κ1) is 31.5. The van der Waals surface area contributed by atoms with Crippen molar-refractivity contribution in [1.29, 1.82) is 0 Å². The summed E-state index contributed by atoms with van der Waals surface area (Å²) in [5, 5.41) is 7.08. The quantitative estimate of drug-likeness (QED) is 0.123. The van der Waals surface area contributed by atoms with Crippen LogP contribution in [0.25, 0.3) is 11.3 Å². The van der Waals surface area contributed by atoms with Crippen LogP contribution in [-0.2, 0) is 4.79 Å². The molecule has 2 N–H and O–H groups in total. The minimum Gasteiger partial charge on any atom is -0.346 e. The molecule has 0 aliphatic carbocycles. The molecule has 0 amide bonds. The summed E-state index contributed by atoms with van der Waals surface area (Å²) >= 11 is 5.90. The van der Waals surface area contributed by atoms with Gasteiger partial charge < -0.3 is 10.6 Å². The van der Waals surface area contributed by atoms with Crippen molar-refractivity contribution in [2.75, 3.05) is 13.1 Å². The summed E-state index contributed by atoms with van der Waals surface area (Å²) in [7, 11) is 0. The van der Waals surface area contributed by atoms with Gasteiger partial charge in [-0.1, -0.05) is 76.2 Å². The number of nitrogens with zero attached hydrogens (tertiary/aromatic N) is 2. The predicted octanol–water partition coefficient (Wildman–Crippen LogP) is 7.00. The van der Waals surface area contributed by atoms with Crippen LogP contribution >= 0.6 is 11.6 Å². The molecule has 0 radical (unpaired) electrons. The van der Waals surface area contributed by atoms with Crippen LogP contribution in [0.5, 0.6) is 0 Å². The third-order valence-electron chi connectivity index (χ3n) is 4.98. The molecule has 1 fully saturated rings. The third kappa shape index (κ3) is 11.6. The highest BCUT2D eigenvalue weighted by molar-refractivity contribution is 6.29. The molecule has 6 heteroatoms. The van der Waals surface area contributed by atoms with E-state index in [0.717, 1.165) is 67.5 Å². The average Bonchev–Trinajstić information content (AvgIpc) is 2.91. The lowest BCUT2D eigenvalue weighted by atomic mass is 9.94. The highest BCUT2D eigenvalue weighted by Crippen LogP contribution is 2.27. The number of hydrogen-bond donors (Lipinski definition) is 2. The Kier molecular flexibility index (Phi) is 18.5. The second-order valence-corrected chi connectivity index (χ2v) is 7.58. The van der Waals surface area contributed by atoms with Gasteiger partial charge in [-0.25, -0.2) is 4.99 Å². The van der Waals surface area contributed by atoms with Crippen LogP contribution in [0.15, 0.2) is 57.6 Å². The van der Waals surface area contributed by atoms with E-state index < -0.39 is 0 Å². The maximum absolute atomic E-state index is 11.6.